The summed E-state index contributed by atoms with van der Waals surface area (Å²) < 4.78 is 0. The van der Waals surface area contributed by atoms with Crippen molar-refractivity contribution in [1.29, 1.82) is 0 Å². The number of benzene rings is 1. The molecule has 3 nitrogen and oxygen atoms in total. The van der Waals surface area contributed by atoms with Crippen LogP contribution in [0.3, 0.4) is 0 Å². The maximum Gasteiger partial charge on any atom is 0.151 e. The second kappa shape index (κ2) is 7.20. The fraction of sp³-hybridized carbons (Fsp3) is 0.158. The molecule has 0 bridgehead atoms. The van der Waals surface area contributed by atoms with Gasteiger partial charge in [-0.15, -0.1) is 11.3 Å². The molecule has 2 heterocycles. The van der Waals surface area contributed by atoms with Crippen LogP contribution in [0, 0.1) is 0 Å². The van der Waals surface area contributed by atoms with E-state index in [1.165, 1.54) is 4.88 Å². The summed E-state index contributed by atoms with van der Waals surface area (Å²) in [5.74, 6) is 0.942. The van der Waals surface area contributed by atoms with Gasteiger partial charge in [0.05, 0.1) is 0 Å². The Labute approximate surface area is 140 Å². The lowest BCUT2D eigenvalue weighted by atomic mass is 10.0. The molecule has 0 saturated carbocycles. The molecule has 0 aliphatic rings. The number of rotatable bonds is 5. The van der Waals surface area contributed by atoms with E-state index >= 15 is 0 Å². The smallest absolute Gasteiger partial charge is 0.151 e. The van der Waals surface area contributed by atoms with Crippen LogP contribution in [0.5, 0.6) is 5.75 Å². The van der Waals surface area contributed by atoms with Crippen LogP contribution in [0.15, 0.2) is 59.0 Å². The normalized spacial score (nSPS) is 11.2. The lowest BCUT2D eigenvalue weighted by molar-refractivity contribution is 0.467. The molecule has 2 aromatic heterocycles. The average Bonchev–Trinajstić information content (AvgIpc) is 3.11. The molecule has 1 aromatic carbocycles. The van der Waals surface area contributed by atoms with Crippen molar-refractivity contribution in [2.75, 3.05) is 0 Å². The van der Waals surface area contributed by atoms with Crippen molar-refractivity contribution < 1.29 is 5.11 Å². The zero-order valence-corrected chi connectivity index (χ0v) is 13.8. The van der Waals surface area contributed by atoms with Crippen molar-refractivity contribution >= 4 is 23.4 Å². The highest BCUT2D eigenvalue weighted by Gasteiger charge is 2.10. The minimum absolute atomic E-state index is 0.312. The van der Waals surface area contributed by atoms with E-state index in [9.17, 15) is 5.11 Å². The molecule has 0 fully saturated rings. The SMILES string of the molecule is CCCc1cc(-c2cccs2)cc(C=Nc2ccccn2)c1O. The van der Waals surface area contributed by atoms with Gasteiger partial charge in [0.2, 0.25) is 0 Å². The highest BCUT2D eigenvalue weighted by Crippen LogP contribution is 2.32. The Morgan fingerprint density at radius 1 is 1.22 bits per heavy atom. The molecule has 116 valence electrons. The monoisotopic (exact) mass is 322 g/mol. The zero-order chi connectivity index (χ0) is 16.1. The third-order valence-electron chi connectivity index (χ3n) is 3.53. The molecule has 0 amide bonds. The van der Waals surface area contributed by atoms with Gasteiger partial charge in [-0.3, -0.25) is 0 Å². The van der Waals surface area contributed by atoms with Crippen LogP contribution in [-0.4, -0.2) is 16.3 Å². The zero-order valence-electron chi connectivity index (χ0n) is 12.9. The molecule has 3 rings (SSSR count). The summed E-state index contributed by atoms with van der Waals surface area (Å²) in [7, 11) is 0. The number of hydrogen-bond donors (Lipinski definition) is 1. The van der Waals surface area contributed by atoms with Gasteiger partial charge in [0.1, 0.15) is 5.75 Å². The topological polar surface area (TPSA) is 45.5 Å². The number of thiophene rings is 1. The van der Waals surface area contributed by atoms with Gasteiger partial charge in [-0.05, 0) is 53.3 Å². The number of phenols is 1. The quantitative estimate of drug-likeness (QED) is 0.655. The summed E-state index contributed by atoms with van der Waals surface area (Å²) >= 11 is 1.69. The maximum atomic E-state index is 10.5. The van der Waals surface area contributed by atoms with Gasteiger partial charge in [0.25, 0.3) is 0 Å². The largest absolute Gasteiger partial charge is 0.507 e. The van der Waals surface area contributed by atoms with Crippen molar-refractivity contribution in [3.8, 4) is 16.2 Å². The van der Waals surface area contributed by atoms with Crippen LogP contribution in [0.4, 0.5) is 5.82 Å². The minimum Gasteiger partial charge on any atom is -0.507 e. The van der Waals surface area contributed by atoms with Crippen molar-refractivity contribution in [3.05, 3.63) is 65.2 Å². The number of pyridine rings is 1. The molecule has 0 aliphatic heterocycles. The Morgan fingerprint density at radius 3 is 2.83 bits per heavy atom. The second-order valence-corrected chi connectivity index (χ2v) is 6.19. The van der Waals surface area contributed by atoms with Crippen LogP contribution >= 0.6 is 11.3 Å². The number of aliphatic imine (C=N–C) groups is 1. The first-order valence-corrected chi connectivity index (χ1v) is 8.50. The first kappa shape index (κ1) is 15.4. The molecule has 3 aromatic rings. The van der Waals surface area contributed by atoms with E-state index in [0.717, 1.165) is 29.5 Å². The second-order valence-electron chi connectivity index (χ2n) is 5.25. The number of aromatic hydroxyl groups is 1. The van der Waals surface area contributed by atoms with E-state index in [4.69, 9.17) is 0 Å². The Balaban J connectivity index is 2.02. The predicted octanol–water partition coefficient (Wildman–Crippen LogP) is 5.22. The van der Waals surface area contributed by atoms with Gasteiger partial charge in [-0.2, -0.15) is 0 Å². The molecular formula is C19H18N2OS. The van der Waals surface area contributed by atoms with Crippen LogP contribution in [0.25, 0.3) is 10.4 Å². The average molecular weight is 322 g/mol. The van der Waals surface area contributed by atoms with Crippen LogP contribution in [0.1, 0.15) is 24.5 Å². The summed E-state index contributed by atoms with van der Waals surface area (Å²) in [4.78, 5) is 9.74. The predicted molar refractivity (Wildman–Crippen MR) is 96.9 cm³/mol. The van der Waals surface area contributed by atoms with Gasteiger partial charge in [-0.25, -0.2) is 9.98 Å². The lowest BCUT2D eigenvalue weighted by Gasteiger charge is -2.09. The molecule has 0 spiro atoms. The van der Waals surface area contributed by atoms with E-state index in [1.807, 2.05) is 30.3 Å². The van der Waals surface area contributed by atoms with Crippen LogP contribution < -0.4 is 0 Å². The molecule has 0 saturated heterocycles. The molecule has 0 aliphatic carbocycles. The Morgan fingerprint density at radius 2 is 2.13 bits per heavy atom. The van der Waals surface area contributed by atoms with E-state index in [0.29, 0.717) is 11.6 Å². The van der Waals surface area contributed by atoms with E-state index in [-0.39, 0.29) is 0 Å². The van der Waals surface area contributed by atoms with E-state index in [2.05, 4.69) is 34.4 Å². The molecule has 0 radical (unpaired) electrons. The Kier molecular flexibility index (Phi) is 4.83. The number of aromatic nitrogens is 1. The van der Waals surface area contributed by atoms with Gasteiger partial charge in [0, 0.05) is 22.9 Å². The van der Waals surface area contributed by atoms with Gasteiger partial charge >= 0.3 is 0 Å². The molecule has 23 heavy (non-hydrogen) atoms. The first-order chi connectivity index (χ1) is 11.3. The molecular weight excluding hydrogens is 304 g/mol. The maximum absolute atomic E-state index is 10.5. The Bertz CT molecular complexity index is 796. The lowest BCUT2D eigenvalue weighted by Crippen LogP contribution is -1.92. The number of hydrogen-bond acceptors (Lipinski definition) is 4. The number of aryl methyl sites for hydroxylation is 1. The number of nitrogens with zero attached hydrogens (tertiary/aromatic N) is 2. The van der Waals surface area contributed by atoms with E-state index in [1.54, 1.807) is 23.7 Å². The third kappa shape index (κ3) is 3.66. The molecule has 4 heteroatoms. The third-order valence-corrected chi connectivity index (χ3v) is 4.45. The summed E-state index contributed by atoms with van der Waals surface area (Å²) in [6.45, 7) is 2.11. The highest BCUT2D eigenvalue weighted by molar-refractivity contribution is 7.13. The first-order valence-electron chi connectivity index (χ1n) is 7.63. The summed E-state index contributed by atoms with van der Waals surface area (Å²) in [6, 6.07) is 13.8. The van der Waals surface area contributed by atoms with E-state index < -0.39 is 0 Å². The van der Waals surface area contributed by atoms with Crippen LogP contribution in [-0.2, 0) is 6.42 Å². The summed E-state index contributed by atoms with van der Waals surface area (Å²) in [6.07, 6.45) is 5.22. The minimum atomic E-state index is 0.312. The Hall–Kier alpha value is -2.46. The van der Waals surface area contributed by atoms with Crippen molar-refractivity contribution in [2.24, 2.45) is 4.99 Å². The summed E-state index contributed by atoms with van der Waals surface area (Å²) in [5.41, 5.74) is 2.80. The fourth-order valence-electron chi connectivity index (χ4n) is 2.43. The van der Waals surface area contributed by atoms with Crippen LogP contribution in [0.2, 0.25) is 0 Å². The number of phenolic OH excluding ortho intramolecular Hbond substituents is 1. The molecule has 0 atom stereocenters. The standard InChI is InChI=1S/C19H18N2OS/c1-2-6-14-11-15(17-7-5-10-23-17)12-16(19(14)22)13-21-18-8-3-4-9-20-18/h3-5,7-13,22H,2,6H2,1H3. The van der Waals surface area contributed by atoms with Crippen molar-refractivity contribution in [2.45, 2.75) is 19.8 Å². The van der Waals surface area contributed by atoms with Gasteiger partial charge < -0.3 is 5.11 Å². The highest BCUT2D eigenvalue weighted by atomic mass is 32.1. The summed E-state index contributed by atoms with van der Waals surface area (Å²) in [5, 5.41) is 12.6. The fourth-order valence-corrected chi connectivity index (χ4v) is 3.14. The molecule has 0 unspecified atom stereocenters. The molecule has 1 N–H and O–H groups in total. The van der Waals surface area contributed by atoms with Crippen molar-refractivity contribution in [3.63, 3.8) is 0 Å². The van der Waals surface area contributed by atoms with Gasteiger partial charge in [0.15, 0.2) is 5.82 Å². The van der Waals surface area contributed by atoms with Gasteiger partial charge in [-0.1, -0.05) is 25.5 Å². The van der Waals surface area contributed by atoms with Crippen molar-refractivity contribution in [1.82, 2.24) is 4.98 Å².